The Bertz CT molecular complexity index is 708. The summed E-state index contributed by atoms with van der Waals surface area (Å²) in [6.45, 7) is 0. The largest absolute Gasteiger partial charge is 0.496 e. The van der Waals surface area contributed by atoms with E-state index in [1.807, 2.05) is 0 Å². The number of hydrogen-bond donors (Lipinski definition) is 1. The molecule has 22 heavy (non-hydrogen) atoms. The average Bonchev–Trinajstić information content (AvgIpc) is 2.54. The number of halogens is 1. The molecule has 0 atom stereocenters. The van der Waals surface area contributed by atoms with E-state index in [9.17, 15) is 14.0 Å². The van der Waals surface area contributed by atoms with Crippen molar-refractivity contribution in [2.45, 2.75) is 0 Å². The highest BCUT2D eigenvalue weighted by atomic mass is 19.1. The first kappa shape index (κ1) is 15.4. The third-order valence-electron chi connectivity index (χ3n) is 2.89. The van der Waals surface area contributed by atoms with Gasteiger partial charge in [0.2, 0.25) is 0 Å². The van der Waals surface area contributed by atoms with Crippen LogP contribution in [0.3, 0.4) is 0 Å². The summed E-state index contributed by atoms with van der Waals surface area (Å²) < 4.78 is 17.8. The Labute approximate surface area is 127 Å². The molecule has 0 aliphatic carbocycles. The predicted molar refractivity (Wildman–Crippen MR) is 80.9 cm³/mol. The van der Waals surface area contributed by atoms with Crippen molar-refractivity contribution >= 4 is 17.9 Å². The van der Waals surface area contributed by atoms with Crippen LogP contribution in [0, 0.1) is 5.82 Å². The van der Waals surface area contributed by atoms with Gasteiger partial charge in [-0.2, -0.15) is 0 Å². The van der Waals surface area contributed by atoms with Gasteiger partial charge in [-0.25, -0.2) is 4.39 Å². The van der Waals surface area contributed by atoms with Crippen molar-refractivity contribution in [2.75, 3.05) is 7.11 Å². The Morgan fingerprint density at radius 3 is 2.45 bits per heavy atom. The lowest BCUT2D eigenvalue weighted by molar-refractivity contribution is -0.115. The third-order valence-corrected chi connectivity index (χ3v) is 2.89. The van der Waals surface area contributed by atoms with Crippen LogP contribution < -0.4 is 10.1 Å². The van der Waals surface area contributed by atoms with Crippen LogP contribution in [-0.4, -0.2) is 18.9 Å². The number of nitrogens with one attached hydrogen (secondary N) is 1. The highest BCUT2D eigenvalue weighted by molar-refractivity contribution is 6.10. The predicted octanol–water partition coefficient (Wildman–Crippen LogP) is 2.80. The number of benzene rings is 2. The number of rotatable bonds is 4. The molecule has 0 aliphatic heterocycles. The zero-order valence-corrected chi connectivity index (χ0v) is 11.9. The molecule has 0 heterocycles. The number of imide groups is 1. The quantitative estimate of drug-likeness (QED) is 0.883. The molecule has 2 aromatic rings. The van der Waals surface area contributed by atoms with Crippen LogP contribution in [0.2, 0.25) is 0 Å². The van der Waals surface area contributed by atoms with Gasteiger partial charge in [0.1, 0.15) is 11.6 Å². The molecule has 0 fully saturated rings. The van der Waals surface area contributed by atoms with Gasteiger partial charge < -0.3 is 4.74 Å². The van der Waals surface area contributed by atoms with Crippen LogP contribution in [-0.2, 0) is 4.79 Å². The Morgan fingerprint density at radius 1 is 1.09 bits per heavy atom. The van der Waals surface area contributed by atoms with Gasteiger partial charge in [0.05, 0.1) is 12.7 Å². The molecule has 0 saturated carbocycles. The maximum Gasteiger partial charge on any atom is 0.261 e. The Hall–Kier alpha value is -2.95. The second-order valence-corrected chi connectivity index (χ2v) is 4.40. The van der Waals surface area contributed by atoms with E-state index < -0.39 is 11.8 Å². The van der Waals surface area contributed by atoms with Gasteiger partial charge in [-0.3, -0.25) is 14.9 Å². The van der Waals surface area contributed by atoms with Crippen molar-refractivity contribution in [3.05, 3.63) is 71.6 Å². The molecule has 0 spiro atoms. The van der Waals surface area contributed by atoms with Gasteiger partial charge in [-0.1, -0.05) is 24.3 Å². The zero-order chi connectivity index (χ0) is 15.9. The zero-order valence-electron chi connectivity index (χ0n) is 11.9. The van der Waals surface area contributed by atoms with E-state index in [1.165, 1.54) is 43.5 Å². The number of hydrogen-bond acceptors (Lipinski definition) is 3. The summed E-state index contributed by atoms with van der Waals surface area (Å²) in [5.41, 5.74) is 0.926. The summed E-state index contributed by atoms with van der Waals surface area (Å²) in [5, 5.41) is 2.23. The van der Waals surface area contributed by atoms with E-state index in [0.29, 0.717) is 11.3 Å². The van der Waals surface area contributed by atoms with E-state index in [2.05, 4.69) is 5.32 Å². The topological polar surface area (TPSA) is 55.4 Å². The highest BCUT2D eigenvalue weighted by Gasteiger charge is 2.12. The summed E-state index contributed by atoms with van der Waals surface area (Å²) >= 11 is 0. The van der Waals surface area contributed by atoms with Crippen LogP contribution in [0.15, 0.2) is 54.6 Å². The maximum atomic E-state index is 12.8. The first-order valence-electron chi connectivity index (χ1n) is 6.52. The molecule has 5 heteroatoms. The summed E-state index contributed by atoms with van der Waals surface area (Å²) in [4.78, 5) is 23.7. The number of ether oxygens (including phenoxy) is 1. The minimum atomic E-state index is -0.569. The molecule has 4 nitrogen and oxygen atoms in total. The Kier molecular flexibility index (Phi) is 5.03. The molecule has 0 bridgehead atoms. The van der Waals surface area contributed by atoms with Crippen molar-refractivity contribution in [2.24, 2.45) is 0 Å². The highest BCUT2D eigenvalue weighted by Crippen LogP contribution is 2.16. The normalized spacial score (nSPS) is 10.5. The van der Waals surface area contributed by atoms with E-state index in [1.54, 1.807) is 24.3 Å². The van der Waals surface area contributed by atoms with Crippen LogP contribution in [0.25, 0.3) is 6.08 Å². The van der Waals surface area contributed by atoms with Gasteiger partial charge in [0, 0.05) is 6.08 Å². The SMILES string of the molecule is COc1ccccc1C(=O)NC(=O)/C=C/c1ccc(F)cc1. The molecule has 0 aliphatic rings. The lowest BCUT2D eigenvalue weighted by Gasteiger charge is -2.06. The molecular weight excluding hydrogens is 285 g/mol. The fraction of sp³-hybridized carbons (Fsp3) is 0.0588. The van der Waals surface area contributed by atoms with Crippen molar-refractivity contribution in [3.8, 4) is 5.75 Å². The maximum absolute atomic E-state index is 12.8. The van der Waals surface area contributed by atoms with Crippen molar-refractivity contribution in [1.29, 1.82) is 0 Å². The van der Waals surface area contributed by atoms with E-state index in [0.717, 1.165) is 0 Å². The van der Waals surface area contributed by atoms with Gasteiger partial charge in [0.15, 0.2) is 0 Å². The smallest absolute Gasteiger partial charge is 0.261 e. The van der Waals surface area contributed by atoms with Gasteiger partial charge in [0.25, 0.3) is 11.8 Å². The Balaban J connectivity index is 2.02. The second-order valence-electron chi connectivity index (χ2n) is 4.40. The van der Waals surface area contributed by atoms with Crippen LogP contribution in [0.1, 0.15) is 15.9 Å². The molecular formula is C17H14FNO3. The van der Waals surface area contributed by atoms with Gasteiger partial charge in [-0.05, 0) is 35.9 Å². The van der Waals surface area contributed by atoms with Crippen molar-refractivity contribution < 1.29 is 18.7 Å². The number of para-hydroxylation sites is 1. The fourth-order valence-electron chi connectivity index (χ4n) is 1.80. The second kappa shape index (κ2) is 7.17. The number of carbonyl (C=O) groups excluding carboxylic acids is 2. The monoisotopic (exact) mass is 299 g/mol. The number of methoxy groups -OCH3 is 1. The summed E-state index contributed by atoms with van der Waals surface area (Å²) in [5.74, 6) is -1.09. The number of amides is 2. The lowest BCUT2D eigenvalue weighted by atomic mass is 10.2. The molecule has 2 amide bonds. The van der Waals surface area contributed by atoms with Gasteiger partial charge >= 0.3 is 0 Å². The van der Waals surface area contributed by atoms with Crippen LogP contribution in [0.5, 0.6) is 5.75 Å². The van der Waals surface area contributed by atoms with E-state index >= 15 is 0 Å². The molecule has 2 aromatic carbocycles. The fourth-order valence-corrected chi connectivity index (χ4v) is 1.80. The molecule has 0 aromatic heterocycles. The standard InChI is InChI=1S/C17H14FNO3/c1-22-15-5-3-2-4-14(15)17(21)19-16(20)11-8-12-6-9-13(18)10-7-12/h2-11H,1H3,(H,19,20,21)/b11-8+. The molecule has 0 saturated heterocycles. The summed E-state index contributed by atoms with van der Waals surface area (Å²) in [6.07, 6.45) is 2.70. The van der Waals surface area contributed by atoms with E-state index in [-0.39, 0.29) is 11.4 Å². The lowest BCUT2D eigenvalue weighted by Crippen LogP contribution is -2.29. The summed E-state index contributed by atoms with van der Waals surface area (Å²) in [7, 11) is 1.45. The van der Waals surface area contributed by atoms with E-state index in [4.69, 9.17) is 4.74 Å². The first-order chi connectivity index (χ1) is 10.6. The molecule has 1 N–H and O–H groups in total. The molecule has 112 valence electrons. The van der Waals surface area contributed by atoms with Crippen LogP contribution >= 0.6 is 0 Å². The molecule has 0 radical (unpaired) electrons. The van der Waals surface area contributed by atoms with Crippen LogP contribution in [0.4, 0.5) is 4.39 Å². The number of carbonyl (C=O) groups is 2. The van der Waals surface area contributed by atoms with Crippen molar-refractivity contribution in [1.82, 2.24) is 5.32 Å². The molecule has 0 unspecified atom stereocenters. The summed E-state index contributed by atoms with van der Waals surface area (Å²) in [6, 6.07) is 12.2. The average molecular weight is 299 g/mol. The third kappa shape index (κ3) is 4.02. The minimum Gasteiger partial charge on any atom is -0.496 e. The van der Waals surface area contributed by atoms with Gasteiger partial charge in [-0.15, -0.1) is 0 Å². The minimum absolute atomic E-state index is 0.272. The molecule has 2 rings (SSSR count). The first-order valence-corrected chi connectivity index (χ1v) is 6.52. The Morgan fingerprint density at radius 2 is 1.77 bits per heavy atom. The van der Waals surface area contributed by atoms with Crippen molar-refractivity contribution in [3.63, 3.8) is 0 Å².